The molecular weight excluding hydrogens is 354 g/mol. The van der Waals surface area contributed by atoms with Gasteiger partial charge in [0.05, 0.1) is 19.3 Å². The molecule has 1 aliphatic rings. The maximum absolute atomic E-state index is 5.58. The first-order chi connectivity index (χ1) is 13.1. The van der Waals surface area contributed by atoms with E-state index in [2.05, 4.69) is 24.9 Å². The van der Waals surface area contributed by atoms with Gasteiger partial charge in [-0.25, -0.2) is 4.68 Å². The van der Waals surface area contributed by atoms with Crippen molar-refractivity contribution in [3.8, 4) is 17.0 Å². The monoisotopic (exact) mass is 383 g/mol. The molecule has 1 fully saturated rings. The molecule has 4 nitrogen and oxygen atoms in total. The second-order valence-electron chi connectivity index (χ2n) is 7.21. The Morgan fingerprint density at radius 1 is 1.30 bits per heavy atom. The van der Waals surface area contributed by atoms with Gasteiger partial charge in [0.15, 0.2) is 0 Å². The number of thiazole rings is 1. The minimum absolute atomic E-state index is 0.620. The molecule has 1 saturated carbocycles. The van der Waals surface area contributed by atoms with Gasteiger partial charge in [0.1, 0.15) is 5.75 Å². The highest BCUT2D eigenvalue weighted by atomic mass is 32.1. The average Bonchev–Trinajstić information content (AvgIpc) is 3.09. The van der Waals surface area contributed by atoms with Gasteiger partial charge in [-0.15, -0.1) is 11.3 Å². The van der Waals surface area contributed by atoms with Crippen LogP contribution in [0.15, 0.2) is 51.9 Å². The minimum Gasteiger partial charge on any atom is -0.496 e. The van der Waals surface area contributed by atoms with Crippen LogP contribution in [0, 0.1) is 5.92 Å². The van der Waals surface area contributed by atoms with E-state index in [0.29, 0.717) is 6.54 Å². The van der Waals surface area contributed by atoms with Crippen molar-refractivity contribution < 1.29 is 4.74 Å². The Morgan fingerprint density at radius 3 is 2.70 bits per heavy atom. The van der Waals surface area contributed by atoms with Crippen LogP contribution in [0.3, 0.4) is 0 Å². The molecule has 5 heteroatoms. The van der Waals surface area contributed by atoms with Crippen molar-refractivity contribution in [2.45, 2.75) is 46.0 Å². The second kappa shape index (κ2) is 9.18. The lowest BCUT2D eigenvalue weighted by molar-refractivity contribution is 0.416. The van der Waals surface area contributed by atoms with Crippen LogP contribution in [0.2, 0.25) is 0 Å². The first kappa shape index (κ1) is 19.6. The molecule has 0 bridgehead atoms. The third kappa shape index (κ3) is 4.78. The Bertz CT molecular complexity index is 881. The molecule has 1 aromatic heterocycles. The topological polar surface area (TPSA) is 38.9 Å². The van der Waals surface area contributed by atoms with E-state index >= 15 is 0 Å². The van der Waals surface area contributed by atoms with Gasteiger partial charge in [-0.2, -0.15) is 5.10 Å². The van der Waals surface area contributed by atoms with E-state index in [1.165, 1.54) is 25.0 Å². The lowest BCUT2D eigenvalue weighted by Crippen LogP contribution is -2.19. The zero-order valence-electron chi connectivity index (χ0n) is 16.6. The van der Waals surface area contributed by atoms with E-state index in [4.69, 9.17) is 14.8 Å². The summed E-state index contributed by atoms with van der Waals surface area (Å²) >= 11 is 1.62. The van der Waals surface area contributed by atoms with Gasteiger partial charge in [0, 0.05) is 16.7 Å². The molecule has 0 saturated heterocycles. The third-order valence-corrected chi connectivity index (χ3v) is 5.91. The standard InChI is InChI=1S/C22H29N3OS/c1-5-17-10-12-18(13-11-17)24-25-20(15-27-22(25)23-14-16(2)3)19-8-6-7-9-21(19)26-4/h6-9,15,17H,2,5,10-14H2,1,3-4H3. The summed E-state index contributed by atoms with van der Waals surface area (Å²) in [4.78, 5) is 5.64. The quantitative estimate of drug-likeness (QED) is 0.607. The Balaban J connectivity index is 2.05. The molecule has 0 atom stereocenters. The number of nitrogens with zero attached hydrogens (tertiary/aromatic N) is 3. The van der Waals surface area contributed by atoms with Gasteiger partial charge in [0.25, 0.3) is 0 Å². The van der Waals surface area contributed by atoms with Gasteiger partial charge in [0.2, 0.25) is 4.80 Å². The zero-order chi connectivity index (χ0) is 19.2. The molecule has 0 spiro atoms. The highest BCUT2D eigenvalue weighted by Crippen LogP contribution is 2.31. The maximum Gasteiger partial charge on any atom is 0.206 e. The van der Waals surface area contributed by atoms with Gasteiger partial charge in [-0.05, 0) is 50.7 Å². The lowest BCUT2D eigenvalue weighted by atomic mass is 9.86. The number of hydrogen-bond donors (Lipinski definition) is 0. The van der Waals surface area contributed by atoms with Crippen LogP contribution in [-0.2, 0) is 0 Å². The molecule has 1 aliphatic carbocycles. The van der Waals surface area contributed by atoms with Crippen molar-refractivity contribution >= 4 is 17.0 Å². The molecule has 1 aromatic carbocycles. The van der Waals surface area contributed by atoms with E-state index in [0.717, 1.165) is 46.1 Å². The lowest BCUT2D eigenvalue weighted by Gasteiger charge is -2.21. The Morgan fingerprint density at radius 2 is 2.04 bits per heavy atom. The number of benzene rings is 1. The molecule has 3 rings (SSSR count). The molecule has 0 N–H and O–H groups in total. The van der Waals surface area contributed by atoms with Gasteiger partial charge < -0.3 is 4.74 Å². The van der Waals surface area contributed by atoms with Crippen LogP contribution in [0.1, 0.15) is 46.0 Å². The second-order valence-corrected chi connectivity index (χ2v) is 8.04. The summed E-state index contributed by atoms with van der Waals surface area (Å²) in [6.07, 6.45) is 5.90. The number of methoxy groups -OCH3 is 1. The largest absolute Gasteiger partial charge is 0.496 e. The van der Waals surface area contributed by atoms with Crippen molar-refractivity contribution in [3.63, 3.8) is 0 Å². The predicted molar refractivity (Wildman–Crippen MR) is 115 cm³/mol. The van der Waals surface area contributed by atoms with Gasteiger partial charge in [-0.3, -0.25) is 4.99 Å². The molecule has 0 radical (unpaired) electrons. The fourth-order valence-corrected chi connectivity index (χ4v) is 4.23. The maximum atomic E-state index is 5.58. The summed E-state index contributed by atoms with van der Waals surface area (Å²) in [6, 6.07) is 8.09. The van der Waals surface area contributed by atoms with E-state index in [1.807, 2.05) is 29.8 Å². The summed E-state index contributed by atoms with van der Waals surface area (Å²) in [5.74, 6) is 1.70. The molecule has 1 heterocycles. The molecular formula is C22H29N3OS. The van der Waals surface area contributed by atoms with E-state index in [1.54, 1.807) is 18.4 Å². The van der Waals surface area contributed by atoms with E-state index < -0.39 is 0 Å². The van der Waals surface area contributed by atoms with Crippen LogP contribution in [-0.4, -0.2) is 24.0 Å². The fourth-order valence-electron chi connectivity index (χ4n) is 3.41. The summed E-state index contributed by atoms with van der Waals surface area (Å²) in [6.45, 7) is 8.88. The van der Waals surface area contributed by atoms with E-state index in [9.17, 15) is 0 Å². The Kier molecular flexibility index (Phi) is 6.67. The number of para-hydroxylation sites is 1. The number of rotatable bonds is 6. The van der Waals surface area contributed by atoms with Crippen LogP contribution >= 0.6 is 11.3 Å². The molecule has 0 amide bonds. The smallest absolute Gasteiger partial charge is 0.206 e. The van der Waals surface area contributed by atoms with Crippen LogP contribution in [0.4, 0.5) is 0 Å². The fraction of sp³-hybridized carbons (Fsp3) is 0.455. The number of aromatic nitrogens is 1. The van der Waals surface area contributed by atoms with Crippen molar-refractivity contribution in [1.29, 1.82) is 0 Å². The number of ether oxygens (including phenoxy) is 1. The summed E-state index contributed by atoms with van der Waals surface area (Å²) < 4.78 is 7.59. The minimum atomic E-state index is 0.620. The molecule has 144 valence electrons. The molecule has 27 heavy (non-hydrogen) atoms. The zero-order valence-corrected chi connectivity index (χ0v) is 17.4. The normalized spacial score (nSPS) is 17.8. The number of hydrogen-bond acceptors (Lipinski definition) is 4. The third-order valence-electron chi connectivity index (χ3n) is 5.05. The summed E-state index contributed by atoms with van der Waals surface area (Å²) in [7, 11) is 1.71. The summed E-state index contributed by atoms with van der Waals surface area (Å²) in [5, 5.41) is 7.16. The van der Waals surface area contributed by atoms with Crippen molar-refractivity contribution in [2.24, 2.45) is 16.0 Å². The first-order valence-electron chi connectivity index (χ1n) is 9.67. The van der Waals surface area contributed by atoms with Crippen LogP contribution in [0.25, 0.3) is 11.3 Å². The van der Waals surface area contributed by atoms with Crippen LogP contribution in [0.5, 0.6) is 5.75 Å². The first-order valence-corrected chi connectivity index (χ1v) is 10.6. The molecule has 2 aromatic rings. The SMILES string of the molecule is C=C(C)CN=c1scc(-c2ccccc2OC)n1N=C1CCC(CC)CC1. The van der Waals surface area contributed by atoms with Gasteiger partial charge >= 0.3 is 0 Å². The summed E-state index contributed by atoms with van der Waals surface area (Å²) in [5.41, 5.74) is 4.39. The van der Waals surface area contributed by atoms with Crippen molar-refractivity contribution in [3.05, 3.63) is 46.6 Å². The van der Waals surface area contributed by atoms with Gasteiger partial charge in [-0.1, -0.05) is 37.6 Å². The Hall–Kier alpha value is -2.14. The highest BCUT2D eigenvalue weighted by molar-refractivity contribution is 7.07. The van der Waals surface area contributed by atoms with Crippen molar-refractivity contribution in [1.82, 2.24) is 4.68 Å². The predicted octanol–water partition coefficient (Wildman–Crippen LogP) is 5.51. The Labute approximate surface area is 165 Å². The van der Waals surface area contributed by atoms with Crippen molar-refractivity contribution in [2.75, 3.05) is 13.7 Å². The van der Waals surface area contributed by atoms with E-state index in [-0.39, 0.29) is 0 Å². The molecule has 0 unspecified atom stereocenters. The van der Waals surface area contributed by atoms with Crippen LogP contribution < -0.4 is 9.54 Å². The average molecular weight is 384 g/mol. The highest BCUT2D eigenvalue weighted by Gasteiger charge is 2.18. The molecule has 0 aliphatic heterocycles.